The van der Waals surface area contributed by atoms with E-state index in [4.69, 9.17) is 11.6 Å². The minimum absolute atomic E-state index is 0.0635. The molecule has 0 aromatic heterocycles. The molecular formula is C20H15ClN4O2. The first-order chi connectivity index (χ1) is 13.1. The first kappa shape index (κ1) is 16.2. The number of nitrogens with zero attached hydrogens (tertiary/aromatic N) is 4. The van der Waals surface area contributed by atoms with Crippen molar-refractivity contribution in [3.63, 3.8) is 0 Å². The smallest absolute Gasteiger partial charge is 0.335 e. The van der Waals surface area contributed by atoms with Crippen LogP contribution in [-0.4, -0.2) is 23.0 Å². The largest absolute Gasteiger partial charge is 0.478 e. The van der Waals surface area contributed by atoms with Gasteiger partial charge < -0.3 is 5.11 Å². The molecule has 2 heterocycles. The second-order valence-corrected chi connectivity index (χ2v) is 7.23. The van der Waals surface area contributed by atoms with Crippen LogP contribution in [0.3, 0.4) is 0 Å². The predicted molar refractivity (Wildman–Crippen MR) is 102 cm³/mol. The topological polar surface area (TPSA) is 77.6 Å². The van der Waals surface area contributed by atoms with E-state index in [9.17, 15) is 9.90 Å². The number of fused-ring (bicyclic) bond motifs is 3. The molecule has 27 heavy (non-hydrogen) atoms. The van der Waals surface area contributed by atoms with E-state index < -0.39 is 5.97 Å². The third-order valence-corrected chi connectivity index (χ3v) is 5.36. The number of benzene rings is 2. The number of carboxylic acids is 1. The summed E-state index contributed by atoms with van der Waals surface area (Å²) in [6, 6.07) is 12.5. The van der Waals surface area contributed by atoms with Crippen LogP contribution in [-0.2, 0) is 0 Å². The summed E-state index contributed by atoms with van der Waals surface area (Å²) in [4.78, 5) is 18.3. The molecular weight excluding hydrogens is 364 g/mol. The van der Waals surface area contributed by atoms with Gasteiger partial charge in [-0.2, -0.15) is 5.11 Å². The quantitative estimate of drug-likeness (QED) is 0.841. The van der Waals surface area contributed by atoms with Crippen molar-refractivity contribution in [2.75, 3.05) is 4.90 Å². The van der Waals surface area contributed by atoms with Crippen molar-refractivity contribution in [1.82, 2.24) is 0 Å². The lowest BCUT2D eigenvalue weighted by atomic mass is 9.97. The lowest BCUT2D eigenvalue weighted by Gasteiger charge is -2.26. The first-order valence-corrected chi connectivity index (χ1v) is 9.12. The van der Waals surface area contributed by atoms with Gasteiger partial charge in [-0.15, -0.1) is 5.11 Å². The van der Waals surface area contributed by atoms with E-state index in [1.165, 1.54) is 0 Å². The second-order valence-electron chi connectivity index (χ2n) is 6.82. The van der Waals surface area contributed by atoms with Crippen LogP contribution in [0, 0.1) is 5.92 Å². The van der Waals surface area contributed by atoms with Crippen LogP contribution in [0.1, 0.15) is 34.3 Å². The van der Waals surface area contributed by atoms with Gasteiger partial charge in [0.15, 0.2) is 12.0 Å². The molecule has 1 unspecified atom stereocenters. The average molecular weight is 379 g/mol. The first-order valence-electron chi connectivity index (χ1n) is 8.74. The Balaban J connectivity index is 1.74. The third kappa shape index (κ3) is 2.64. The van der Waals surface area contributed by atoms with E-state index in [-0.39, 0.29) is 11.7 Å². The lowest BCUT2D eigenvalue weighted by molar-refractivity contribution is 0.0697. The summed E-state index contributed by atoms with van der Waals surface area (Å²) < 4.78 is 0. The molecule has 1 atom stereocenters. The van der Waals surface area contributed by atoms with Gasteiger partial charge in [0.25, 0.3) is 0 Å². The number of hydrogen-bond donors (Lipinski definition) is 1. The molecule has 0 radical (unpaired) electrons. The maximum absolute atomic E-state index is 11.6. The molecule has 1 N–H and O–H groups in total. The number of aliphatic imine (C=N–C) groups is 1. The highest BCUT2D eigenvalue weighted by Crippen LogP contribution is 2.45. The second kappa shape index (κ2) is 6.03. The normalized spacial score (nSPS) is 20.5. The van der Waals surface area contributed by atoms with Gasteiger partial charge in [0.2, 0.25) is 0 Å². The van der Waals surface area contributed by atoms with Gasteiger partial charge in [-0.25, -0.2) is 4.79 Å². The number of aromatic carboxylic acids is 1. The minimum Gasteiger partial charge on any atom is -0.478 e. The summed E-state index contributed by atoms with van der Waals surface area (Å²) in [5, 5.41) is 18.8. The average Bonchev–Trinajstić information content (AvgIpc) is 3.45. The maximum atomic E-state index is 11.6. The fraction of sp³-hybridized carbons (Fsp3) is 0.200. The van der Waals surface area contributed by atoms with E-state index in [1.54, 1.807) is 24.4 Å². The monoisotopic (exact) mass is 378 g/mol. The maximum Gasteiger partial charge on any atom is 0.335 e. The number of azo groups is 1. The van der Waals surface area contributed by atoms with Crippen LogP contribution >= 0.6 is 11.6 Å². The SMILES string of the molecule is O=C(O)c1ccc2c(c1)C(c1ccccc1Cl)=NC=C1N=NC(C3CC3)N12. The molecule has 6 nitrogen and oxygen atoms in total. The van der Waals surface area contributed by atoms with Crippen LogP contribution in [0.2, 0.25) is 5.02 Å². The number of halogens is 1. The third-order valence-electron chi connectivity index (χ3n) is 5.03. The molecule has 0 amide bonds. The summed E-state index contributed by atoms with van der Waals surface area (Å²) in [6.07, 6.45) is 3.86. The van der Waals surface area contributed by atoms with Gasteiger partial charge in [0.1, 0.15) is 0 Å². The zero-order chi connectivity index (χ0) is 18.5. The zero-order valence-electron chi connectivity index (χ0n) is 14.2. The Morgan fingerprint density at radius 3 is 2.70 bits per heavy atom. The van der Waals surface area contributed by atoms with Gasteiger partial charge >= 0.3 is 5.97 Å². The summed E-state index contributed by atoms with van der Waals surface area (Å²) in [7, 11) is 0. The van der Waals surface area contributed by atoms with E-state index in [2.05, 4.69) is 20.1 Å². The van der Waals surface area contributed by atoms with Crippen molar-refractivity contribution < 1.29 is 9.90 Å². The number of anilines is 1. The molecule has 3 aliphatic rings. The van der Waals surface area contributed by atoms with E-state index in [0.717, 1.165) is 24.1 Å². The molecule has 2 aromatic carbocycles. The Kier molecular flexibility index (Phi) is 3.62. The number of hydrogen-bond acceptors (Lipinski definition) is 5. The molecule has 2 aliphatic heterocycles. The van der Waals surface area contributed by atoms with Crippen LogP contribution in [0.15, 0.2) is 69.7 Å². The Morgan fingerprint density at radius 2 is 1.96 bits per heavy atom. The molecule has 0 bridgehead atoms. The Morgan fingerprint density at radius 1 is 1.15 bits per heavy atom. The van der Waals surface area contributed by atoms with Crippen molar-refractivity contribution in [2.24, 2.45) is 21.1 Å². The highest BCUT2D eigenvalue weighted by atomic mass is 35.5. The zero-order valence-corrected chi connectivity index (χ0v) is 15.0. The fourth-order valence-corrected chi connectivity index (χ4v) is 3.76. The molecule has 0 spiro atoms. The van der Waals surface area contributed by atoms with Crippen molar-refractivity contribution in [3.8, 4) is 0 Å². The number of carbonyl (C=O) groups is 1. The van der Waals surface area contributed by atoms with E-state index in [1.807, 2.05) is 24.3 Å². The Labute approximate surface area is 160 Å². The molecule has 1 fully saturated rings. The van der Waals surface area contributed by atoms with Crippen LogP contribution in [0.25, 0.3) is 0 Å². The molecule has 1 aliphatic carbocycles. The van der Waals surface area contributed by atoms with E-state index in [0.29, 0.717) is 28.0 Å². The van der Waals surface area contributed by atoms with E-state index >= 15 is 0 Å². The van der Waals surface area contributed by atoms with Gasteiger partial charge in [-0.05, 0) is 37.1 Å². The summed E-state index contributed by atoms with van der Waals surface area (Å²) >= 11 is 6.42. The standard InChI is InChI=1S/C20H15ClN4O2/c21-15-4-2-1-3-13(15)18-14-9-12(20(26)27)7-8-16(14)25-17(10-22-18)23-24-19(25)11-5-6-11/h1-4,7-11,19H,5-6H2,(H,26,27). The van der Waals surface area contributed by atoms with Gasteiger partial charge in [0, 0.05) is 22.1 Å². The van der Waals surface area contributed by atoms with Gasteiger partial charge in [-0.3, -0.25) is 9.89 Å². The van der Waals surface area contributed by atoms with Crippen LogP contribution < -0.4 is 4.90 Å². The Hall–Kier alpha value is -2.99. The van der Waals surface area contributed by atoms with Crippen LogP contribution in [0.5, 0.6) is 0 Å². The molecule has 1 saturated carbocycles. The van der Waals surface area contributed by atoms with Crippen molar-refractivity contribution >= 4 is 29.0 Å². The number of carboxylic acid groups (broad SMARTS) is 1. The fourth-order valence-electron chi connectivity index (χ4n) is 3.54. The molecule has 7 heteroatoms. The van der Waals surface area contributed by atoms with Gasteiger partial charge in [-0.1, -0.05) is 29.8 Å². The summed E-state index contributed by atoms with van der Waals surface area (Å²) in [6.45, 7) is 0. The van der Waals surface area contributed by atoms with Crippen molar-refractivity contribution in [3.05, 3.63) is 76.2 Å². The highest BCUT2D eigenvalue weighted by Gasteiger charge is 2.42. The van der Waals surface area contributed by atoms with Crippen LogP contribution in [0.4, 0.5) is 5.69 Å². The Bertz CT molecular complexity index is 1060. The number of rotatable bonds is 3. The summed E-state index contributed by atoms with van der Waals surface area (Å²) in [5.74, 6) is 0.148. The van der Waals surface area contributed by atoms with Gasteiger partial charge in [0.05, 0.1) is 23.2 Å². The van der Waals surface area contributed by atoms with Crippen molar-refractivity contribution in [1.29, 1.82) is 0 Å². The lowest BCUT2D eigenvalue weighted by Crippen LogP contribution is -2.31. The highest BCUT2D eigenvalue weighted by molar-refractivity contribution is 6.36. The van der Waals surface area contributed by atoms with Crippen molar-refractivity contribution in [2.45, 2.75) is 19.0 Å². The minimum atomic E-state index is -0.983. The summed E-state index contributed by atoms with van der Waals surface area (Å²) in [5.41, 5.74) is 3.15. The molecule has 2 aromatic rings. The molecule has 134 valence electrons. The molecule has 5 rings (SSSR count). The predicted octanol–water partition coefficient (Wildman–Crippen LogP) is 4.70. The molecule has 0 saturated heterocycles.